The van der Waals surface area contributed by atoms with Gasteiger partial charge in [-0.3, -0.25) is 0 Å². The molecular weight excluding hydrogens is 639 g/mol. The minimum Gasteiger partial charge on any atom is -0.310 e. The van der Waals surface area contributed by atoms with Gasteiger partial charge in [0.05, 0.1) is 0 Å². The highest BCUT2D eigenvalue weighted by molar-refractivity contribution is 6.03. The number of fused-ring (bicyclic) bond motifs is 8. The lowest BCUT2D eigenvalue weighted by Crippen LogP contribution is -2.16. The first-order valence-corrected chi connectivity index (χ1v) is 18.8. The molecule has 8 aromatic rings. The Morgan fingerprint density at radius 2 is 0.868 bits per heavy atom. The Bertz CT molecular complexity index is 2700. The summed E-state index contributed by atoms with van der Waals surface area (Å²) in [6.07, 6.45) is 0. The molecule has 254 valence electrons. The molecule has 0 radical (unpaired) electrons. The lowest BCUT2D eigenvalue weighted by molar-refractivity contribution is 0.660. The molecule has 0 fully saturated rings. The van der Waals surface area contributed by atoms with Gasteiger partial charge >= 0.3 is 0 Å². The summed E-state index contributed by atoms with van der Waals surface area (Å²) >= 11 is 0. The average molecular weight is 680 g/mol. The maximum atomic E-state index is 2.43. The summed E-state index contributed by atoms with van der Waals surface area (Å²) in [6, 6.07) is 65.2. The fourth-order valence-electron chi connectivity index (χ4n) is 9.20. The van der Waals surface area contributed by atoms with Gasteiger partial charge in [0.15, 0.2) is 0 Å². The summed E-state index contributed by atoms with van der Waals surface area (Å²) in [7, 11) is 0. The summed E-state index contributed by atoms with van der Waals surface area (Å²) < 4.78 is 0. The van der Waals surface area contributed by atoms with Crippen molar-refractivity contribution in [3.63, 3.8) is 0 Å². The van der Waals surface area contributed by atoms with Crippen LogP contribution in [0, 0.1) is 0 Å². The number of rotatable bonds is 5. The second kappa shape index (κ2) is 11.7. The number of hydrogen-bond donors (Lipinski definition) is 0. The topological polar surface area (TPSA) is 3.24 Å². The van der Waals surface area contributed by atoms with E-state index < -0.39 is 0 Å². The molecule has 0 unspecified atom stereocenters. The molecule has 0 amide bonds. The Labute approximate surface area is 312 Å². The number of benzene rings is 8. The van der Waals surface area contributed by atoms with Gasteiger partial charge in [-0.1, -0.05) is 161 Å². The van der Waals surface area contributed by atoms with Gasteiger partial charge in [0.25, 0.3) is 0 Å². The average Bonchev–Trinajstić information content (AvgIpc) is 3.58. The molecule has 8 aromatic carbocycles. The molecule has 0 spiro atoms. The van der Waals surface area contributed by atoms with Crippen LogP contribution in [-0.2, 0) is 10.8 Å². The third-order valence-corrected chi connectivity index (χ3v) is 12.1. The normalized spacial score (nSPS) is 14.3. The zero-order valence-corrected chi connectivity index (χ0v) is 30.7. The van der Waals surface area contributed by atoms with E-state index in [1.54, 1.807) is 0 Å². The van der Waals surface area contributed by atoms with Gasteiger partial charge in [0.2, 0.25) is 0 Å². The van der Waals surface area contributed by atoms with Crippen molar-refractivity contribution in [2.45, 2.75) is 38.5 Å². The zero-order chi connectivity index (χ0) is 35.9. The molecular formula is C52H41N. The van der Waals surface area contributed by atoms with Crippen molar-refractivity contribution in [2.24, 2.45) is 0 Å². The van der Waals surface area contributed by atoms with Crippen LogP contribution in [0.3, 0.4) is 0 Å². The zero-order valence-electron chi connectivity index (χ0n) is 30.7. The highest BCUT2D eigenvalue weighted by atomic mass is 15.1. The van der Waals surface area contributed by atoms with E-state index in [4.69, 9.17) is 0 Å². The van der Waals surface area contributed by atoms with E-state index >= 15 is 0 Å². The van der Waals surface area contributed by atoms with Crippen molar-refractivity contribution < 1.29 is 0 Å². The Morgan fingerprint density at radius 3 is 1.62 bits per heavy atom. The lowest BCUT2D eigenvalue weighted by atomic mass is 9.81. The van der Waals surface area contributed by atoms with E-state index in [9.17, 15) is 0 Å². The van der Waals surface area contributed by atoms with Crippen LogP contribution in [0.25, 0.3) is 55.3 Å². The first-order chi connectivity index (χ1) is 25.8. The van der Waals surface area contributed by atoms with Crippen LogP contribution in [0.4, 0.5) is 17.1 Å². The van der Waals surface area contributed by atoms with Gasteiger partial charge in [0.1, 0.15) is 0 Å². The fraction of sp³-hybridized carbons (Fsp3) is 0.115. The molecule has 2 aliphatic carbocycles. The standard InChI is InChI=1S/C52H41N/c1-51(2)46-17-11-10-16-43(46)44-30-28-41(33-49(44)51)53(39-24-18-35(19-25-39)34-12-6-5-7-13-34)40-26-20-36(21-27-40)38-22-29-45-48(32-38)52(3,4)47-31-23-37-14-8-9-15-42(37)50(45)47/h5-33H,1-4H3. The monoisotopic (exact) mass is 679 g/mol. The van der Waals surface area contributed by atoms with Gasteiger partial charge in [-0.05, 0) is 120 Å². The number of hydrogen-bond acceptors (Lipinski definition) is 1. The molecule has 53 heavy (non-hydrogen) atoms. The number of anilines is 3. The Hall–Kier alpha value is -6.18. The smallest absolute Gasteiger partial charge is 0.0465 e. The van der Waals surface area contributed by atoms with Gasteiger partial charge in [-0.25, -0.2) is 0 Å². The first kappa shape index (κ1) is 31.5. The Kier molecular flexibility index (Phi) is 6.94. The quantitative estimate of drug-likeness (QED) is 0.175. The van der Waals surface area contributed by atoms with Crippen molar-refractivity contribution in [2.75, 3.05) is 4.90 Å². The first-order valence-electron chi connectivity index (χ1n) is 18.8. The molecule has 0 saturated carbocycles. The van der Waals surface area contributed by atoms with E-state index in [1.165, 1.54) is 77.5 Å². The minimum atomic E-state index is -0.0814. The van der Waals surface area contributed by atoms with E-state index in [-0.39, 0.29) is 10.8 Å². The number of nitrogens with zero attached hydrogens (tertiary/aromatic N) is 1. The maximum absolute atomic E-state index is 2.43. The molecule has 0 atom stereocenters. The maximum Gasteiger partial charge on any atom is 0.0465 e. The third kappa shape index (κ3) is 4.84. The van der Waals surface area contributed by atoms with Gasteiger partial charge in [0, 0.05) is 27.9 Å². The largest absolute Gasteiger partial charge is 0.310 e. The van der Waals surface area contributed by atoms with Crippen molar-refractivity contribution >= 4 is 27.8 Å². The van der Waals surface area contributed by atoms with Gasteiger partial charge in [-0.15, -0.1) is 0 Å². The van der Waals surface area contributed by atoms with Crippen LogP contribution < -0.4 is 4.90 Å². The van der Waals surface area contributed by atoms with Crippen molar-refractivity contribution in [3.05, 3.63) is 198 Å². The highest BCUT2D eigenvalue weighted by Crippen LogP contribution is 2.53. The van der Waals surface area contributed by atoms with E-state index in [1.807, 2.05) is 0 Å². The van der Waals surface area contributed by atoms with Crippen molar-refractivity contribution in [3.8, 4) is 44.5 Å². The summed E-state index contributed by atoms with van der Waals surface area (Å²) in [5, 5.41) is 2.63. The van der Waals surface area contributed by atoms with Crippen LogP contribution >= 0.6 is 0 Å². The van der Waals surface area contributed by atoms with E-state index in [0.29, 0.717) is 0 Å². The fourth-order valence-corrected chi connectivity index (χ4v) is 9.20. The van der Waals surface area contributed by atoms with Crippen LogP contribution in [0.5, 0.6) is 0 Å². The van der Waals surface area contributed by atoms with Crippen LogP contribution in [0.2, 0.25) is 0 Å². The molecule has 10 rings (SSSR count). The Balaban J connectivity index is 1.05. The van der Waals surface area contributed by atoms with Crippen LogP contribution in [0.15, 0.2) is 176 Å². The SMILES string of the molecule is CC1(C)c2ccccc2-c2ccc(N(c3ccc(-c4ccccc4)cc3)c3ccc(-c4ccc5c(c4)C(C)(C)c4ccc6ccccc6c4-5)cc3)cc21. The van der Waals surface area contributed by atoms with Crippen LogP contribution in [-0.4, -0.2) is 0 Å². The summed E-state index contributed by atoms with van der Waals surface area (Å²) in [5.74, 6) is 0. The molecule has 0 saturated heterocycles. The predicted octanol–water partition coefficient (Wildman–Crippen LogP) is 14.3. The van der Waals surface area contributed by atoms with Crippen molar-refractivity contribution in [1.82, 2.24) is 0 Å². The molecule has 0 N–H and O–H groups in total. The molecule has 0 heterocycles. The van der Waals surface area contributed by atoms with Gasteiger partial charge in [-0.2, -0.15) is 0 Å². The molecule has 1 nitrogen and oxygen atoms in total. The van der Waals surface area contributed by atoms with E-state index in [2.05, 4.69) is 209 Å². The predicted molar refractivity (Wildman–Crippen MR) is 225 cm³/mol. The summed E-state index contributed by atoms with van der Waals surface area (Å²) in [5.41, 5.74) is 19.2. The minimum absolute atomic E-state index is 0.0750. The van der Waals surface area contributed by atoms with Gasteiger partial charge < -0.3 is 4.90 Å². The molecule has 0 bridgehead atoms. The molecule has 1 heteroatoms. The summed E-state index contributed by atoms with van der Waals surface area (Å²) in [6.45, 7) is 9.45. The van der Waals surface area contributed by atoms with Crippen molar-refractivity contribution in [1.29, 1.82) is 0 Å². The molecule has 2 aliphatic rings. The van der Waals surface area contributed by atoms with Crippen LogP contribution in [0.1, 0.15) is 49.9 Å². The Morgan fingerprint density at radius 1 is 0.340 bits per heavy atom. The third-order valence-electron chi connectivity index (χ3n) is 12.1. The molecule has 0 aliphatic heterocycles. The molecule has 0 aromatic heterocycles. The van der Waals surface area contributed by atoms with E-state index in [0.717, 1.165) is 17.1 Å². The summed E-state index contributed by atoms with van der Waals surface area (Å²) in [4.78, 5) is 2.41. The lowest BCUT2D eigenvalue weighted by Gasteiger charge is -2.28. The second-order valence-electron chi connectivity index (χ2n) is 15.8. The second-order valence-corrected chi connectivity index (χ2v) is 15.8. The highest BCUT2D eigenvalue weighted by Gasteiger charge is 2.37.